The Morgan fingerprint density at radius 2 is 1.67 bits per heavy atom. The summed E-state index contributed by atoms with van der Waals surface area (Å²) in [5.41, 5.74) is 5.46. The number of amides is 2. The van der Waals surface area contributed by atoms with Gasteiger partial charge in [-0.1, -0.05) is 32.0 Å². The predicted molar refractivity (Wildman–Crippen MR) is 118 cm³/mol. The molecule has 2 N–H and O–H groups in total. The molecule has 1 aliphatic rings. The van der Waals surface area contributed by atoms with Crippen LogP contribution in [0, 0.1) is 0 Å². The Kier molecular flexibility index (Phi) is 7.11. The molecule has 1 unspecified atom stereocenters. The molecule has 1 atom stereocenters. The largest absolute Gasteiger partial charge is 0.457 e. The van der Waals surface area contributed by atoms with E-state index in [4.69, 9.17) is 10.5 Å². The second-order valence-electron chi connectivity index (χ2n) is 7.67. The van der Waals surface area contributed by atoms with Crippen LogP contribution in [-0.2, 0) is 4.79 Å². The highest BCUT2D eigenvalue weighted by molar-refractivity contribution is 5.99. The van der Waals surface area contributed by atoms with Gasteiger partial charge < -0.3 is 20.3 Å². The summed E-state index contributed by atoms with van der Waals surface area (Å²) in [5.74, 6) is 0.823. The smallest absolute Gasteiger partial charge is 0.254 e. The fourth-order valence-corrected chi connectivity index (χ4v) is 4.14. The van der Waals surface area contributed by atoms with Gasteiger partial charge in [0.25, 0.3) is 5.91 Å². The first-order valence-corrected chi connectivity index (χ1v) is 10.7. The molecule has 2 aromatic rings. The zero-order valence-corrected chi connectivity index (χ0v) is 17.8. The van der Waals surface area contributed by atoms with Crippen molar-refractivity contribution in [3.63, 3.8) is 0 Å². The summed E-state index contributed by atoms with van der Waals surface area (Å²) >= 11 is 0. The molecule has 2 aromatic carbocycles. The predicted octanol–water partition coefficient (Wildman–Crippen LogP) is 3.67. The average molecular weight is 410 g/mol. The summed E-state index contributed by atoms with van der Waals surface area (Å²) in [6.45, 7) is 7.28. The van der Waals surface area contributed by atoms with Gasteiger partial charge in [-0.25, -0.2) is 0 Å². The third-order valence-electron chi connectivity index (χ3n) is 6.01. The lowest BCUT2D eigenvalue weighted by molar-refractivity contribution is -0.128. The van der Waals surface area contributed by atoms with Gasteiger partial charge in [0.1, 0.15) is 17.0 Å². The molecule has 1 aliphatic heterocycles. The first-order chi connectivity index (χ1) is 14.5. The zero-order valence-electron chi connectivity index (χ0n) is 17.8. The van der Waals surface area contributed by atoms with Crippen molar-refractivity contribution in [2.24, 2.45) is 5.73 Å². The van der Waals surface area contributed by atoms with Crippen LogP contribution < -0.4 is 10.5 Å². The fourth-order valence-electron chi connectivity index (χ4n) is 4.14. The molecule has 0 spiro atoms. The molecule has 1 heterocycles. The highest BCUT2D eigenvalue weighted by atomic mass is 16.5. The van der Waals surface area contributed by atoms with E-state index in [2.05, 4.69) is 18.7 Å². The van der Waals surface area contributed by atoms with Gasteiger partial charge in [-0.2, -0.15) is 0 Å². The molecule has 160 valence electrons. The van der Waals surface area contributed by atoms with E-state index >= 15 is 0 Å². The molecule has 6 nitrogen and oxygen atoms in total. The van der Waals surface area contributed by atoms with Crippen LogP contribution >= 0.6 is 0 Å². The van der Waals surface area contributed by atoms with Gasteiger partial charge in [0.15, 0.2) is 0 Å². The number of benzene rings is 2. The highest BCUT2D eigenvalue weighted by Crippen LogP contribution is 2.34. The summed E-state index contributed by atoms with van der Waals surface area (Å²) in [7, 11) is 0. The molecule has 3 rings (SSSR count). The number of carbonyl (C=O) groups excluding carboxylic acids is 2. The van der Waals surface area contributed by atoms with Gasteiger partial charge >= 0.3 is 0 Å². The van der Waals surface area contributed by atoms with Crippen molar-refractivity contribution in [1.29, 1.82) is 0 Å². The molecule has 6 heteroatoms. The third kappa shape index (κ3) is 4.65. The average Bonchev–Trinajstić information content (AvgIpc) is 3.20. The number of nitrogens with zero attached hydrogens (tertiary/aromatic N) is 2. The third-order valence-corrected chi connectivity index (χ3v) is 6.01. The van der Waals surface area contributed by atoms with Crippen molar-refractivity contribution in [1.82, 2.24) is 9.80 Å². The van der Waals surface area contributed by atoms with E-state index in [1.54, 1.807) is 29.2 Å². The molecule has 2 amide bonds. The molecular weight excluding hydrogens is 378 g/mol. The van der Waals surface area contributed by atoms with Crippen LogP contribution in [0.2, 0.25) is 0 Å². The summed E-state index contributed by atoms with van der Waals surface area (Å²) in [4.78, 5) is 29.7. The number of nitrogens with two attached hydrogens (primary N) is 1. The molecule has 0 aromatic heterocycles. The minimum Gasteiger partial charge on any atom is -0.457 e. The van der Waals surface area contributed by atoms with E-state index in [1.165, 1.54) is 0 Å². The van der Waals surface area contributed by atoms with Crippen LogP contribution in [0.1, 0.15) is 43.5 Å². The van der Waals surface area contributed by atoms with E-state index in [-0.39, 0.29) is 5.91 Å². The lowest BCUT2D eigenvalue weighted by Crippen LogP contribution is -2.57. The number of ether oxygens (including phenoxy) is 1. The van der Waals surface area contributed by atoms with Crippen LogP contribution in [0.4, 0.5) is 0 Å². The van der Waals surface area contributed by atoms with Gasteiger partial charge in [0.2, 0.25) is 5.91 Å². The Labute approximate surface area is 178 Å². The van der Waals surface area contributed by atoms with Gasteiger partial charge in [0, 0.05) is 18.7 Å². The second-order valence-corrected chi connectivity index (χ2v) is 7.67. The normalized spacial score (nSPS) is 18.6. The molecule has 0 aliphatic carbocycles. The van der Waals surface area contributed by atoms with Gasteiger partial charge in [-0.05, 0) is 68.8 Å². The van der Waals surface area contributed by atoms with Crippen molar-refractivity contribution in [3.05, 3.63) is 60.2 Å². The summed E-state index contributed by atoms with van der Waals surface area (Å²) in [6.07, 6.45) is 1.96. The number of primary amides is 1. The summed E-state index contributed by atoms with van der Waals surface area (Å²) in [6, 6.07) is 16.5. The Morgan fingerprint density at radius 3 is 2.27 bits per heavy atom. The maximum absolute atomic E-state index is 13.3. The molecule has 1 saturated heterocycles. The Hall–Kier alpha value is -2.86. The van der Waals surface area contributed by atoms with Crippen LogP contribution in [0.5, 0.6) is 11.5 Å². The van der Waals surface area contributed by atoms with Crippen molar-refractivity contribution in [3.8, 4) is 11.5 Å². The molecule has 0 radical (unpaired) electrons. The van der Waals surface area contributed by atoms with Gasteiger partial charge in [-0.15, -0.1) is 0 Å². The molecule has 0 saturated carbocycles. The topological polar surface area (TPSA) is 75.9 Å². The van der Waals surface area contributed by atoms with Gasteiger partial charge in [-0.3, -0.25) is 9.59 Å². The van der Waals surface area contributed by atoms with Crippen molar-refractivity contribution in [2.75, 3.05) is 26.2 Å². The Morgan fingerprint density at radius 1 is 1.03 bits per heavy atom. The lowest BCUT2D eigenvalue weighted by Gasteiger charge is -2.37. The number of hydrogen-bond donors (Lipinski definition) is 1. The van der Waals surface area contributed by atoms with E-state index in [9.17, 15) is 9.59 Å². The quantitative estimate of drug-likeness (QED) is 0.686. The first kappa shape index (κ1) is 21.8. The molecular formula is C24H31N3O3. The molecule has 30 heavy (non-hydrogen) atoms. The van der Waals surface area contributed by atoms with Crippen LogP contribution in [-0.4, -0.2) is 53.3 Å². The number of carbonyl (C=O) groups is 2. The monoisotopic (exact) mass is 409 g/mol. The van der Waals surface area contributed by atoms with Crippen molar-refractivity contribution in [2.45, 2.75) is 38.6 Å². The minimum atomic E-state index is -0.918. The highest BCUT2D eigenvalue weighted by Gasteiger charge is 2.48. The molecule has 1 fully saturated rings. The fraction of sp³-hybridized carbons (Fsp3) is 0.417. The lowest BCUT2D eigenvalue weighted by atomic mass is 9.90. The second kappa shape index (κ2) is 9.76. The van der Waals surface area contributed by atoms with E-state index in [0.717, 1.165) is 31.8 Å². The number of likely N-dealkylation sites (tertiary alicyclic amines) is 1. The maximum atomic E-state index is 13.3. The van der Waals surface area contributed by atoms with Crippen LogP contribution in [0.25, 0.3) is 0 Å². The SMILES string of the molecule is CCN(CC)CCC1(C(N)=O)CCCN1C(=O)c1ccc(Oc2ccccc2)cc1. The van der Waals surface area contributed by atoms with Crippen molar-refractivity contribution >= 4 is 11.8 Å². The van der Waals surface area contributed by atoms with Crippen LogP contribution in [0.3, 0.4) is 0 Å². The van der Waals surface area contributed by atoms with Crippen LogP contribution in [0.15, 0.2) is 54.6 Å². The molecule has 0 bridgehead atoms. The Balaban J connectivity index is 1.75. The number of para-hydroxylation sites is 1. The van der Waals surface area contributed by atoms with E-state index in [0.29, 0.717) is 30.7 Å². The minimum absolute atomic E-state index is 0.155. The van der Waals surface area contributed by atoms with Gasteiger partial charge in [0.05, 0.1) is 0 Å². The van der Waals surface area contributed by atoms with Crippen molar-refractivity contribution < 1.29 is 14.3 Å². The van der Waals surface area contributed by atoms with E-state index < -0.39 is 11.4 Å². The number of hydrogen-bond acceptors (Lipinski definition) is 4. The zero-order chi connectivity index (χ0) is 21.6. The maximum Gasteiger partial charge on any atom is 0.254 e. The summed E-state index contributed by atoms with van der Waals surface area (Å²) < 4.78 is 5.80. The first-order valence-electron chi connectivity index (χ1n) is 10.7. The standard InChI is InChI=1S/C24H31N3O3/c1-3-26(4-2)18-16-24(23(25)29)15-8-17-27(24)22(28)19-11-13-21(14-12-19)30-20-9-6-5-7-10-20/h5-7,9-14H,3-4,8,15-18H2,1-2H3,(H2,25,29). The summed E-state index contributed by atoms with van der Waals surface area (Å²) in [5, 5.41) is 0. The Bertz CT molecular complexity index is 850. The van der Waals surface area contributed by atoms with E-state index in [1.807, 2.05) is 30.3 Å². The number of rotatable bonds is 9.